The van der Waals surface area contributed by atoms with E-state index >= 15 is 0 Å². The summed E-state index contributed by atoms with van der Waals surface area (Å²) in [5, 5.41) is 1.66. The number of nitrogens with zero attached hydrogens (tertiary/aromatic N) is 2. The molecule has 0 spiro atoms. The molecule has 22 heavy (non-hydrogen) atoms. The summed E-state index contributed by atoms with van der Waals surface area (Å²) >= 11 is 0. The molecule has 2 heterocycles. The lowest BCUT2D eigenvalue weighted by molar-refractivity contribution is 0.0596. The first-order chi connectivity index (χ1) is 10.8. The van der Waals surface area contributed by atoms with Crippen molar-refractivity contribution >= 4 is 22.6 Å². The topological polar surface area (TPSA) is 50.3 Å². The van der Waals surface area contributed by atoms with Gasteiger partial charge in [-0.1, -0.05) is 30.3 Å². The zero-order chi connectivity index (χ0) is 15.1. The number of carbonyl (C=O) groups excluding carboxylic acids is 2. The highest BCUT2D eigenvalue weighted by molar-refractivity contribution is 6.25. The van der Waals surface area contributed by atoms with E-state index in [1.54, 1.807) is 24.4 Å². The van der Waals surface area contributed by atoms with E-state index in [1.165, 1.54) is 4.90 Å². The number of hydrogen-bond acceptors (Lipinski definition) is 3. The molecule has 4 heteroatoms. The molecule has 0 fully saturated rings. The van der Waals surface area contributed by atoms with Gasteiger partial charge in [0.2, 0.25) is 0 Å². The Hall–Kier alpha value is -3.01. The lowest BCUT2D eigenvalue weighted by Gasteiger charge is -2.26. The molecule has 0 N–H and O–H groups in total. The highest BCUT2D eigenvalue weighted by atomic mass is 16.2. The normalized spacial score (nSPS) is 13.7. The van der Waals surface area contributed by atoms with E-state index in [4.69, 9.17) is 0 Å². The van der Waals surface area contributed by atoms with E-state index in [-0.39, 0.29) is 18.4 Å². The first kappa shape index (κ1) is 12.7. The van der Waals surface area contributed by atoms with Gasteiger partial charge in [0, 0.05) is 22.7 Å². The van der Waals surface area contributed by atoms with Crippen molar-refractivity contribution in [2.45, 2.75) is 6.54 Å². The van der Waals surface area contributed by atoms with Gasteiger partial charge in [0.05, 0.1) is 12.2 Å². The summed E-state index contributed by atoms with van der Waals surface area (Å²) in [6, 6.07) is 16.5. The Morgan fingerprint density at radius 2 is 1.50 bits per heavy atom. The fraction of sp³-hybridized carbons (Fsp3) is 0.0556. The first-order valence-corrected chi connectivity index (χ1v) is 7.03. The van der Waals surface area contributed by atoms with Gasteiger partial charge in [0.25, 0.3) is 11.8 Å². The highest BCUT2D eigenvalue weighted by Gasteiger charge is 2.32. The molecule has 0 radical (unpaired) electrons. The number of imide groups is 1. The van der Waals surface area contributed by atoms with E-state index in [0.717, 1.165) is 10.8 Å². The van der Waals surface area contributed by atoms with Crippen LogP contribution in [0.3, 0.4) is 0 Å². The Balaban J connectivity index is 1.85. The molecule has 1 aliphatic heterocycles. The molecule has 0 bridgehead atoms. The minimum absolute atomic E-state index is 0.184. The second-order valence-corrected chi connectivity index (χ2v) is 5.23. The smallest absolute Gasteiger partial charge is 0.261 e. The summed E-state index contributed by atoms with van der Waals surface area (Å²) < 4.78 is 0. The standard InChI is InChI=1S/C18H12N2O2/c21-17-14-8-3-5-12-6-4-9-15(16(12)14)18(22)20(17)11-13-7-1-2-10-19-13/h1-10H,11H2. The van der Waals surface area contributed by atoms with Crippen LogP contribution in [0.4, 0.5) is 0 Å². The predicted octanol–water partition coefficient (Wildman–Crippen LogP) is 3.03. The molecule has 0 aliphatic carbocycles. The Kier molecular flexibility index (Phi) is 2.76. The number of amides is 2. The number of pyridine rings is 1. The number of hydrogen-bond donors (Lipinski definition) is 0. The minimum Gasteiger partial charge on any atom is -0.269 e. The molecule has 2 aromatic carbocycles. The lowest BCUT2D eigenvalue weighted by Crippen LogP contribution is -2.39. The molecule has 4 nitrogen and oxygen atoms in total. The highest BCUT2D eigenvalue weighted by Crippen LogP contribution is 2.30. The third-order valence-corrected chi connectivity index (χ3v) is 3.90. The van der Waals surface area contributed by atoms with Gasteiger partial charge in [-0.25, -0.2) is 0 Å². The molecule has 0 atom stereocenters. The van der Waals surface area contributed by atoms with Crippen LogP contribution < -0.4 is 0 Å². The van der Waals surface area contributed by atoms with Crippen LogP contribution in [0.25, 0.3) is 10.8 Å². The maximum Gasteiger partial charge on any atom is 0.261 e. The van der Waals surface area contributed by atoms with Crippen LogP contribution in [0.5, 0.6) is 0 Å². The average Bonchev–Trinajstić information content (AvgIpc) is 2.57. The molecule has 1 aliphatic rings. The van der Waals surface area contributed by atoms with E-state index in [9.17, 15) is 9.59 Å². The largest absolute Gasteiger partial charge is 0.269 e. The van der Waals surface area contributed by atoms with Crippen LogP contribution in [0.1, 0.15) is 26.4 Å². The van der Waals surface area contributed by atoms with Gasteiger partial charge >= 0.3 is 0 Å². The SMILES string of the molecule is O=C1c2cccc3cccc(c23)C(=O)N1Cc1ccccn1. The van der Waals surface area contributed by atoms with Gasteiger partial charge in [-0.2, -0.15) is 0 Å². The van der Waals surface area contributed by atoms with Crippen LogP contribution in [0, 0.1) is 0 Å². The number of carbonyl (C=O) groups is 2. The third-order valence-electron chi connectivity index (χ3n) is 3.90. The Labute approximate surface area is 127 Å². The zero-order valence-electron chi connectivity index (χ0n) is 11.7. The number of aromatic nitrogens is 1. The maximum atomic E-state index is 12.7. The van der Waals surface area contributed by atoms with Crippen molar-refractivity contribution in [2.75, 3.05) is 0 Å². The Morgan fingerprint density at radius 1 is 0.818 bits per heavy atom. The van der Waals surface area contributed by atoms with E-state index in [1.807, 2.05) is 36.4 Å². The number of benzene rings is 2. The summed E-state index contributed by atoms with van der Waals surface area (Å²) in [6.45, 7) is 0.184. The Morgan fingerprint density at radius 3 is 2.09 bits per heavy atom. The van der Waals surface area contributed by atoms with Crippen LogP contribution in [-0.2, 0) is 6.54 Å². The quantitative estimate of drug-likeness (QED) is 0.681. The van der Waals surface area contributed by atoms with Gasteiger partial charge in [-0.15, -0.1) is 0 Å². The molecule has 0 saturated carbocycles. The van der Waals surface area contributed by atoms with E-state index < -0.39 is 0 Å². The van der Waals surface area contributed by atoms with Gasteiger partial charge in [-0.3, -0.25) is 19.5 Å². The molecule has 3 aromatic rings. The van der Waals surface area contributed by atoms with Gasteiger partial charge in [-0.05, 0) is 29.7 Å². The zero-order valence-corrected chi connectivity index (χ0v) is 11.7. The molecule has 4 rings (SSSR count). The van der Waals surface area contributed by atoms with Crippen LogP contribution >= 0.6 is 0 Å². The van der Waals surface area contributed by atoms with Crippen molar-refractivity contribution in [3.63, 3.8) is 0 Å². The van der Waals surface area contributed by atoms with Crippen molar-refractivity contribution in [1.82, 2.24) is 9.88 Å². The average molecular weight is 288 g/mol. The summed E-state index contributed by atoms with van der Waals surface area (Å²) in [5.41, 5.74) is 1.84. The van der Waals surface area contributed by atoms with Crippen LogP contribution in [0.2, 0.25) is 0 Å². The second kappa shape index (κ2) is 4.77. The molecular formula is C18H12N2O2. The predicted molar refractivity (Wildman–Crippen MR) is 82.4 cm³/mol. The molecule has 106 valence electrons. The summed E-state index contributed by atoms with van der Waals surface area (Å²) in [4.78, 5) is 30.9. The summed E-state index contributed by atoms with van der Waals surface area (Å²) in [6.07, 6.45) is 1.66. The van der Waals surface area contributed by atoms with Crippen molar-refractivity contribution in [3.05, 3.63) is 77.6 Å². The van der Waals surface area contributed by atoms with Crippen LogP contribution in [-0.4, -0.2) is 21.7 Å². The molecule has 2 amide bonds. The lowest BCUT2D eigenvalue weighted by atomic mass is 9.94. The maximum absolute atomic E-state index is 12.7. The van der Waals surface area contributed by atoms with Gasteiger partial charge in [0.15, 0.2) is 0 Å². The molecule has 0 saturated heterocycles. The number of rotatable bonds is 2. The van der Waals surface area contributed by atoms with Crippen LogP contribution in [0.15, 0.2) is 60.8 Å². The van der Waals surface area contributed by atoms with Gasteiger partial charge in [0.1, 0.15) is 0 Å². The van der Waals surface area contributed by atoms with Crippen molar-refractivity contribution in [1.29, 1.82) is 0 Å². The summed E-state index contributed by atoms with van der Waals surface area (Å²) in [7, 11) is 0. The summed E-state index contributed by atoms with van der Waals surface area (Å²) in [5.74, 6) is -0.528. The molecular weight excluding hydrogens is 276 g/mol. The van der Waals surface area contributed by atoms with Crippen molar-refractivity contribution in [2.24, 2.45) is 0 Å². The Bertz CT molecular complexity index is 853. The third kappa shape index (κ3) is 1.81. The molecule has 0 unspecified atom stereocenters. The fourth-order valence-electron chi connectivity index (χ4n) is 2.88. The van der Waals surface area contributed by atoms with Crippen molar-refractivity contribution in [3.8, 4) is 0 Å². The van der Waals surface area contributed by atoms with Crippen molar-refractivity contribution < 1.29 is 9.59 Å². The first-order valence-electron chi connectivity index (χ1n) is 7.03. The minimum atomic E-state index is -0.264. The molecule has 1 aromatic heterocycles. The fourth-order valence-corrected chi connectivity index (χ4v) is 2.88. The monoisotopic (exact) mass is 288 g/mol. The second-order valence-electron chi connectivity index (χ2n) is 5.23. The van der Waals surface area contributed by atoms with E-state index in [0.29, 0.717) is 16.8 Å². The van der Waals surface area contributed by atoms with Gasteiger partial charge < -0.3 is 0 Å². The van der Waals surface area contributed by atoms with E-state index in [2.05, 4.69) is 4.98 Å².